The van der Waals surface area contributed by atoms with Gasteiger partial charge in [0.15, 0.2) is 18.1 Å². The number of halogens is 1. The third-order valence-electron chi connectivity index (χ3n) is 6.91. The van der Waals surface area contributed by atoms with Gasteiger partial charge in [0, 0.05) is 0 Å². The monoisotopic (exact) mass is 645 g/mol. The molecule has 13 heteroatoms. The van der Waals surface area contributed by atoms with E-state index in [4.69, 9.17) is 37.5 Å². The van der Waals surface area contributed by atoms with Crippen LogP contribution in [0, 0.1) is 22.2 Å². The highest BCUT2D eigenvalue weighted by Crippen LogP contribution is 2.39. The highest BCUT2D eigenvalue weighted by molar-refractivity contribution is 7.03. The maximum atomic E-state index is 13.5. The fourth-order valence-electron chi connectivity index (χ4n) is 3.91. The van der Waals surface area contributed by atoms with Gasteiger partial charge in [0.1, 0.15) is 18.8 Å². The molecule has 2 fully saturated rings. The van der Waals surface area contributed by atoms with E-state index in [-0.39, 0.29) is 18.4 Å². The second-order valence-electron chi connectivity index (χ2n) is 14.2. The molecule has 2 saturated heterocycles. The zero-order valence-electron chi connectivity index (χ0n) is 27.6. The van der Waals surface area contributed by atoms with Gasteiger partial charge in [-0.15, -0.1) is 0 Å². The minimum absolute atomic E-state index is 0.00395. The van der Waals surface area contributed by atoms with Gasteiger partial charge in [0.25, 0.3) is 0 Å². The number of carbonyl (C=O) groups is 4. The van der Waals surface area contributed by atoms with E-state index in [1.54, 1.807) is 68.4 Å². The number of rotatable bonds is 10. The number of amides is 1. The maximum absolute atomic E-state index is 13.5. The van der Waals surface area contributed by atoms with E-state index in [0.717, 1.165) is 6.42 Å². The summed E-state index contributed by atoms with van der Waals surface area (Å²) in [5, 5.41) is 0.572. The van der Waals surface area contributed by atoms with Crippen LogP contribution in [0.15, 0.2) is 12.0 Å². The number of hydrogen-bond acceptors (Lipinski definition) is 10. The summed E-state index contributed by atoms with van der Waals surface area (Å²) >= 11 is -2.27. The molecule has 2 aliphatic rings. The third kappa shape index (κ3) is 9.74. The Labute approximate surface area is 264 Å². The fraction of sp³-hybridized carbons (Fsp3) is 0.800. The highest BCUT2D eigenvalue weighted by atomic mass is 35.6. The van der Waals surface area contributed by atoms with Gasteiger partial charge in [-0.3, -0.25) is 14.4 Å². The molecule has 11 nitrogen and oxygen atoms in total. The van der Waals surface area contributed by atoms with Crippen molar-refractivity contribution in [1.82, 2.24) is 4.90 Å². The zero-order valence-corrected chi connectivity index (χ0v) is 29.6. The Kier molecular flexibility index (Phi) is 12.5. The topological polar surface area (TPSA) is 127 Å². The Balaban J connectivity index is 2.70. The molecule has 0 spiro atoms. The van der Waals surface area contributed by atoms with Gasteiger partial charge in [-0.2, -0.15) is 0 Å². The van der Waals surface area contributed by atoms with Crippen LogP contribution in [-0.2, 0) is 41.9 Å². The van der Waals surface area contributed by atoms with Gasteiger partial charge < -0.3 is 27.5 Å². The van der Waals surface area contributed by atoms with E-state index in [2.05, 4.69) is 0 Å². The minimum Gasteiger partial charge on any atom is -0.619 e. The van der Waals surface area contributed by atoms with Crippen LogP contribution in [0.3, 0.4) is 0 Å². The average Bonchev–Trinajstić information content (AvgIpc) is 3.21. The Morgan fingerprint density at radius 2 is 1.44 bits per heavy atom. The van der Waals surface area contributed by atoms with Crippen LogP contribution in [0.4, 0.5) is 4.79 Å². The molecule has 0 N–H and O–H groups in total. The second kappa shape index (κ2) is 14.4. The van der Waals surface area contributed by atoms with Crippen molar-refractivity contribution in [2.75, 3.05) is 6.61 Å². The number of fused-ring (bicyclic) bond motifs is 1. The van der Waals surface area contributed by atoms with Gasteiger partial charge in [-0.25, -0.2) is 19.7 Å². The SMILES string of the molecule is CCC(C)/C=C(\[O][Al]([Cl])[CH2]C)N1C(=O)O[C@H]2O[C@H](COC(=O)C(C)(C)C)[C@@H](OC(=O)C(C)(C)C)[C@H](OC(=O)C(C)(C)C)[C@H]21. The van der Waals surface area contributed by atoms with E-state index in [1.807, 2.05) is 20.8 Å². The molecule has 2 rings (SSSR count). The van der Waals surface area contributed by atoms with Crippen molar-refractivity contribution in [3.63, 3.8) is 0 Å². The molecule has 0 saturated carbocycles. The standard InChI is InChI=1S/C28H45NO10.C2H5.Al.ClH/c1-12-15(2)13-17(30)29-18-20(38-24(33)28(9,10)11)19(37-23(32)27(6,7)8)16(36-21(18)39-25(29)34)14-35-22(31)26(3,4)5;1-2;;/h13,15-16,18-21,30H,12,14H2,1-11H3;1H2,2H3;;1H/q;;+2;/p-2/b17-13-;;;/t15?,16-,18-,19-,20-,21-;;;/m1.../s1. The van der Waals surface area contributed by atoms with Crippen LogP contribution < -0.4 is 0 Å². The van der Waals surface area contributed by atoms with Crippen molar-refractivity contribution in [3.05, 3.63) is 12.0 Å². The van der Waals surface area contributed by atoms with Crippen molar-refractivity contribution in [2.24, 2.45) is 22.2 Å². The molecule has 1 unspecified atom stereocenters. The molecule has 2 aliphatic heterocycles. The van der Waals surface area contributed by atoms with E-state index >= 15 is 0 Å². The number of ether oxygens (including phenoxy) is 5. The summed E-state index contributed by atoms with van der Waals surface area (Å²) in [4.78, 5) is 54.0. The molecular formula is C30H49AlClNO10. The van der Waals surface area contributed by atoms with Crippen LogP contribution >= 0.6 is 10.0 Å². The summed E-state index contributed by atoms with van der Waals surface area (Å²) in [6.45, 7) is 20.7. The summed E-state index contributed by atoms with van der Waals surface area (Å²) in [6, 6.07) is -1.10. The van der Waals surface area contributed by atoms with E-state index in [0.29, 0.717) is 5.28 Å². The minimum atomic E-state index is -2.27. The molecule has 244 valence electrons. The van der Waals surface area contributed by atoms with E-state index in [9.17, 15) is 19.2 Å². The average molecular weight is 646 g/mol. The predicted molar refractivity (Wildman–Crippen MR) is 161 cm³/mol. The number of esters is 3. The van der Waals surface area contributed by atoms with Crippen LogP contribution in [-0.4, -0.2) is 79.7 Å². The second-order valence-corrected chi connectivity index (χ2v) is 17.5. The number of allylic oxidation sites excluding steroid dienone is 1. The summed E-state index contributed by atoms with van der Waals surface area (Å²) in [7, 11) is 6.51. The number of hydrogen-bond donors (Lipinski definition) is 0. The Bertz CT molecular complexity index is 1060. The quantitative estimate of drug-likeness (QED) is 0.127. The molecule has 0 aromatic rings. The molecule has 0 bridgehead atoms. The van der Waals surface area contributed by atoms with E-state index < -0.39 is 84.5 Å². The summed E-state index contributed by atoms with van der Waals surface area (Å²) in [5.74, 6) is -1.57. The van der Waals surface area contributed by atoms with Crippen LogP contribution in [0.5, 0.6) is 0 Å². The lowest BCUT2D eigenvalue weighted by atomic mass is 9.92. The maximum Gasteiger partial charge on any atom is 0.680 e. The van der Waals surface area contributed by atoms with Gasteiger partial charge in [0.05, 0.1) is 16.2 Å². The lowest BCUT2D eigenvalue weighted by Crippen LogP contribution is -2.64. The Morgan fingerprint density at radius 1 is 0.930 bits per heavy atom. The first-order chi connectivity index (χ1) is 19.6. The first-order valence-electron chi connectivity index (χ1n) is 14.9. The molecule has 1 amide bonds. The largest absolute Gasteiger partial charge is 0.680 e. The van der Waals surface area contributed by atoms with Crippen LogP contribution in [0.2, 0.25) is 5.28 Å². The summed E-state index contributed by atoms with van der Waals surface area (Å²) in [6.07, 6.45) is -3.23. The molecular weight excluding hydrogens is 597 g/mol. The molecule has 0 aromatic carbocycles. The molecule has 43 heavy (non-hydrogen) atoms. The fourth-order valence-corrected chi connectivity index (χ4v) is 4.81. The molecule has 2 heterocycles. The van der Waals surface area contributed by atoms with Gasteiger partial charge >= 0.3 is 37.6 Å². The summed E-state index contributed by atoms with van der Waals surface area (Å²) in [5.41, 5.74) is -2.71. The molecule has 0 aromatic heterocycles. The predicted octanol–water partition coefficient (Wildman–Crippen LogP) is 5.69. The normalized spacial score (nSPS) is 25.3. The van der Waals surface area contributed by atoms with Crippen molar-refractivity contribution in [2.45, 2.75) is 125 Å². The number of carbonyl (C=O) groups excluding carboxylic acids is 4. The van der Waals surface area contributed by atoms with Gasteiger partial charge in [-0.1, -0.05) is 20.8 Å². The van der Waals surface area contributed by atoms with Gasteiger partial charge in [0.2, 0.25) is 6.29 Å². The smallest absolute Gasteiger partial charge is 0.619 e. The third-order valence-corrected chi connectivity index (χ3v) is 9.24. The molecule has 6 atom stereocenters. The van der Waals surface area contributed by atoms with Crippen LogP contribution in [0.1, 0.15) is 89.5 Å². The summed E-state index contributed by atoms with van der Waals surface area (Å²) < 4.78 is 35.6. The van der Waals surface area contributed by atoms with E-state index in [1.165, 1.54) is 4.90 Å². The molecule has 0 radical (unpaired) electrons. The lowest BCUT2D eigenvalue weighted by molar-refractivity contribution is -0.260. The van der Waals surface area contributed by atoms with Crippen molar-refractivity contribution in [1.29, 1.82) is 0 Å². The van der Waals surface area contributed by atoms with Gasteiger partial charge in [-0.05, 0) is 86.0 Å². The van der Waals surface area contributed by atoms with Crippen molar-refractivity contribution < 1.29 is 46.7 Å². The van der Waals surface area contributed by atoms with Crippen molar-refractivity contribution >= 4 is 47.6 Å². The number of nitrogens with zero attached hydrogens (tertiary/aromatic N) is 1. The zero-order chi connectivity index (χ0) is 33.1. The lowest BCUT2D eigenvalue weighted by Gasteiger charge is -2.44. The Hall–Kier alpha value is -2.00. The van der Waals surface area contributed by atoms with Crippen molar-refractivity contribution in [3.8, 4) is 0 Å². The first kappa shape index (κ1) is 37.2. The highest BCUT2D eigenvalue weighted by Gasteiger charge is 2.61. The Morgan fingerprint density at radius 3 is 1.91 bits per heavy atom. The first-order valence-corrected chi connectivity index (χ1v) is 17.9. The van der Waals surface area contributed by atoms with Crippen LogP contribution in [0.25, 0.3) is 0 Å². The molecule has 0 aliphatic carbocycles.